The summed E-state index contributed by atoms with van der Waals surface area (Å²) < 4.78 is 6.76. The first-order valence-electron chi connectivity index (χ1n) is 16.9. The van der Waals surface area contributed by atoms with Crippen LogP contribution in [-0.4, -0.2) is 43.8 Å². The van der Waals surface area contributed by atoms with Gasteiger partial charge in [0.15, 0.2) is 0 Å². The minimum absolute atomic E-state index is 0.00511. The molecular weight excluding hydrogens is 691 g/mol. The van der Waals surface area contributed by atoms with Crippen molar-refractivity contribution in [3.05, 3.63) is 158 Å². The fourth-order valence-corrected chi connectivity index (χ4v) is 9.48. The first-order valence-corrected chi connectivity index (χ1v) is 18.6. The second kappa shape index (κ2) is 11.1. The zero-order valence-corrected chi connectivity index (χ0v) is 28.8. The van der Waals surface area contributed by atoms with Crippen LogP contribution in [0.1, 0.15) is 0 Å². The van der Waals surface area contributed by atoms with Crippen molar-refractivity contribution in [3.63, 3.8) is 0 Å². The van der Waals surface area contributed by atoms with E-state index < -0.39 is 0 Å². The Kier molecular flexibility index (Phi) is 6.16. The Morgan fingerprint density at radius 2 is 0.961 bits per heavy atom. The van der Waals surface area contributed by atoms with Gasteiger partial charge in [-0.15, -0.1) is 0 Å². The topological polar surface area (TPSA) is 61.4 Å². The third kappa shape index (κ3) is 4.36. The van der Waals surface area contributed by atoms with Crippen LogP contribution in [0.2, 0.25) is 0 Å². The number of pyridine rings is 1. The first-order chi connectivity index (χ1) is 25.3. The average molecular weight is 718 g/mol. The monoisotopic (exact) mass is 718 g/mol. The maximum absolute atomic E-state index is 5.25. The normalized spacial score (nSPS) is 11.9. The second-order valence-electron chi connectivity index (χ2n) is 12.8. The van der Waals surface area contributed by atoms with Gasteiger partial charge in [-0.1, -0.05) is 12.1 Å². The summed E-state index contributed by atoms with van der Waals surface area (Å²) in [5.41, 5.74) is 11.6. The number of hydrogen-bond acceptors (Lipinski definition) is 4. The van der Waals surface area contributed by atoms with E-state index in [0.717, 1.165) is 54.5 Å². The summed E-state index contributed by atoms with van der Waals surface area (Å²) in [4.78, 5) is 10.4. The van der Waals surface area contributed by atoms with E-state index >= 15 is 0 Å². The summed E-state index contributed by atoms with van der Waals surface area (Å²) in [6.45, 7) is 0. The van der Waals surface area contributed by atoms with Crippen molar-refractivity contribution in [3.8, 4) is 34.0 Å². The van der Waals surface area contributed by atoms with Gasteiger partial charge in [-0.05, 0) is 0 Å². The van der Waals surface area contributed by atoms with Gasteiger partial charge in [-0.25, -0.2) is 0 Å². The van der Waals surface area contributed by atoms with Crippen molar-refractivity contribution < 1.29 is 0 Å². The molecule has 11 rings (SSSR count). The summed E-state index contributed by atoms with van der Waals surface area (Å²) in [7, 11) is 0. The zero-order valence-electron chi connectivity index (χ0n) is 27.1. The molecule has 0 atom stereocenters. The molecule has 6 aromatic carbocycles. The van der Waals surface area contributed by atoms with Crippen LogP contribution < -0.4 is 0 Å². The van der Waals surface area contributed by atoms with Crippen molar-refractivity contribution in [1.82, 2.24) is 29.3 Å². The van der Waals surface area contributed by atoms with E-state index in [1.54, 1.807) is 0 Å². The number of hydrogen-bond donors (Lipinski definition) is 0. The molecule has 0 amide bonds. The van der Waals surface area contributed by atoms with Gasteiger partial charge in [0.05, 0.1) is 0 Å². The summed E-state index contributed by atoms with van der Waals surface area (Å²) in [5, 5.41) is 14.1. The molecule has 0 saturated heterocycles. The molecule has 0 saturated carbocycles. The molecule has 11 aromatic rings. The van der Waals surface area contributed by atoms with Crippen LogP contribution in [0.4, 0.5) is 0 Å². The Morgan fingerprint density at radius 1 is 0.412 bits per heavy atom. The quantitative estimate of drug-likeness (QED) is 0.170. The van der Waals surface area contributed by atoms with Gasteiger partial charge in [0.2, 0.25) is 0 Å². The Balaban J connectivity index is 1.04. The Bertz CT molecular complexity index is 2930. The van der Waals surface area contributed by atoms with Crippen LogP contribution in [0.3, 0.4) is 0 Å². The van der Waals surface area contributed by atoms with Crippen LogP contribution in [-0.2, 0) is 0 Å². The molecule has 0 bridgehead atoms. The number of benzene rings is 6. The van der Waals surface area contributed by atoms with Gasteiger partial charge < -0.3 is 0 Å². The van der Waals surface area contributed by atoms with E-state index in [4.69, 9.17) is 15.1 Å². The third-order valence-electron chi connectivity index (χ3n) is 9.87. The van der Waals surface area contributed by atoms with E-state index in [1.807, 2.05) is 0 Å². The third-order valence-corrected chi connectivity index (χ3v) is 12.0. The summed E-state index contributed by atoms with van der Waals surface area (Å²) in [6, 6.07) is 55.7. The average Bonchev–Trinajstić information content (AvgIpc) is 3.85. The predicted octanol–water partition coefficient (Wildman–Crippen LogP) is 10.2. The van der Waals surface area contributed by atoms with E-state index in [-0.39, 0.29) is 14.5 Å². The van der Waals surface area contributed by atoms with Crippen molar-refractivity contribution in [2.24, 2.45) is 0 Å². The van der Waals surface area contributed by atoms with Crippen LogP contribution in [0.25, 0.3) is 97.3 Å². The maximum atomic E-state index is 5.25. The number of fused-ring (bicyclic) bond motifs is 9. The van der Waals surface area contributed by atoms with Crippen molar-refractivity contribution in [2.45, 2.75) is 0 Å². The number of rotatable bonds is 4. The van der Waals surface area contributed by atoms with Crippen LogP contribution in [0.5, 0.6) is 0 Å². The molecule has 0 N–H and O–H groups in total. The number of aromatic nitrogens is 6. The Labute approximate surface area is 297 Å². The van der Waals surface area contributed by atoms with Crippen molar-refractivity contribution >= 4 is 77.8 Å². The molecular formula is C44H26N6Se. The minimum atomic E-state index is -0.00511. The molecule has 0 aliphatic rings. The first kappa shape index (κ1) is 28.4. The molecule has 0 radical (unpaired) electrons. The molecule has 238 valence electrons. The molecule has 5 aromatic heterocycles. The molecule has 0 aliphatic carbocycles. The molecule has 51 heavy (non-hydrogen) atoms. The summed E-state index contributed by atoms with van der Waals surface area (Å²) in [6.07, 6.45) is 0. The van der Waals surface area contributed by atoms with E-state index in [2.05, 4.69) is 172 Å². The predicted molar refractivity (Wildman–Crippen MR) is 209 cm³/mol. The summed E-state index contributed by atoms with van der Waals surface area (Å²) in [5.74, 6) is 0.609. The van der Waals surface area contributed by atoms with Crippen LogP contribution >= 0.6 is 0 Å². The Morgan fingerprint density at radius 3 is 1.61 bits per heavy atom. The van der Waals surface area contributed by atoms with Crippen molar-refractivity contribution in [1.29, 1.82) is 0 Å². The van der Waals surface area contributed by atoms with E-state index in [1.165, 1.54) is 37.0 Å². The van der Waals surface area contributed by atoms with Crippen molar-refractivity contribution in [2.75, 3.05) is 0 Å². The zero-order chi connectivity index (χ0) is 33.5. The van der Waals surface area contributed by atoms with Crippen LogP contribution in [0.15, 0.2) is 158 Å². The van der Waals surface area contributed by atoms with Gasteiger partial charge in [0, 0.05) is 0 Å². The van der Waals surface area contributed by atoms with E-state index in [9.17, 15) is 0 Å². The molecule has 0 fully saturated rings. The standard InChI is InChI=1S/C44H26N6Se/c1-3-11-29(12-4-1)49-36-17-9-7-15-31(36)33-25-27(19-22-38(33)49)35-21-24-40-41(45-35)42-44(51-40)48-47-43(46-42)28-20-23-39-34(26-28)32-16-8-10-18-37(32)50(39)30-13-5-2-6-14-30/h1-26H. The van der Waals surface area contributed by atoms with Crippen LogP contribution in [0, 0.1) is 0 Å². The fourth-order valence-electron chi connectivity index (χ4n) is 7.58. The molecule has 0 spiro atoms. The van der Waals surface area contributed by atoms with Gasteiger partial charge in [-0.3, -0.25) is 0 Å². The summed E-state index contributed by atoms with van der Waals surface area (Å²) >= 11 is -0.00511. The molecule has 7 heteroatoms. The van der Waals surface area contributed by atoms with Gasteiger partial charge in [0.1, 0.15) is 0 Å². The number of nitrogens with zero attached hydrogens (tertiary/aromatic N) is 6. The number of para-hydroxylation sites is 4. The molecule has 5 heterocycles. The van der Waals surface area contributed by atoms with E-state index in [0.29, 0.717) is 5.82 Å². The SMILES string of the molecule is c1ccc(-n2c3ccccc3c3cc(-c4ccc5[se]c6nnc(-c7ccc8c(c7)c7ccccc7n8-c7ccccc7)nc6c5n4)ccc32)cc1. The Hall–Kier alpha value is -6.40. The van der Waals surface area contributed by atoms with Gasteiger partial charge in [-0.2, -0.15) is 0 Å². The van der Waals surface area contributed by atoms with Gasteiger partial charge in [0.25, 0.3) is 0 Å². The molecule has 6 nitrogen and oxygen atoms in total. The fraction of sp³-hybridized carbons (Fsp3) is 0. The second-order valence-corrected chi connectivity index (χ2v) is 14.9. The van der Waals surface area contributed by atoms with Gasteiger partial charge >= 0.3 is 287 Å². The molecule has 0 unspecified atom stereocenters. The molecule has 0 aliphatic heterocycles.